The Morgan fingerprint density at radius 1 is 1.12 bits per heavy atom. The molecule has 2 rings (SSSR count). The second-order valence-electron chi connectivity index (χ2n) is 3.43. The topological polar surface area (TPSA) is 17.1 Å². The van der Waals surface area contributed by atoms with Gasteiger partial charge in [0.1, 0.15) is 5.82 Å². The first-order valence-electron chi connectivity index (χ1n) is 4.84. The Bertz CT molecular complexity index is 546. The molecule has 0 heterocycles. The smallest absolute Gasteiger partial charge is 0.195 e. The van der Waals surface area contributed by atoms with Crippen molar-refractivity contribution < 1.29 is 9.18 Å². The summed E-state index contributed by atoms with van der Waals surface area (Å²) in [6.07, 6.45) is 0. The Morgan fingerprint density at radius 3 is 2.35 bits per heavy atom. The number of benzene rings is 2. The highest BCUT2D eigenvalue weighted by molar-refractivity contribution is 9.10. The van der Waals surface area contributed by atoms with Crippen molar-refractivity contribution in [1.29, 1.82) is 0 Å². The highest BCUT2D eigenvalue weighted by atomic mass is 79.9. The number of ketones is 1. The number of halogens is 3. The van der Waals surface area contributed by atoms with Crippen LogP contribution in [0.4, 0.5) is 4.39 Å². The number of hydrogen-bond donors (Lipinski definition) is 0. The standard InChI is InChI=1S/C13H7BrClFO/c14-10-2-1-3-11(15)12(10)13(17)8-4-6-9(16)7-5-8/h1-7H. The first-order chi connectivity index (χ1) is 8.09. The van der Waals surface area contributed by atoms with Crippen LogP contribution >= 0.6 is 27.5 Å². The van der Waals surface area contributed by atoms with Crippen molar-refractivity contribution in [2.45, 2.75) is 0 Å². The van der Waals surface area contributed by atoms with Crippen molar-refractivity contribution in [2.75, 3.05) is 0 Å². The Hall–Kier alpha value is -1.19. The molecule has 4 heteroatoms. The van der Waals surface area contributed by atoms with Gasteiger partial charge in [0, 0.05) is 10.0 Å². The molecule has 17 heavy (non-hydrogen) atoms. The molecule has 0 spiro atoms. The van der Waals surface area contributed by atoms with Crippen molar-refractivity contribution >= 4 is 33.3 Å². The van der Waals surface area contributed by atoms with Crippen LogP contribution in [0.5, 0.6) is 0 Å². The average molecular weight is 314 g/mol. The SMILES string of the molecule is O=C(c1ccc(F)cc1)c1c(Cl)cccc1Br. The fourth-order valence-corrected chi connectivity index (χ4v) is 2.38. The molecule has 0 aliphatic heterocycles. The molecule has 0 radical (unpaired) electrons. The second kappa shape index (κ2) is 4.98. The molecular weight excluding hydrogens is 306 g/mol. The van der Waals surface area contributed by atoms with E-state index in [1.54, 1.807) is 18.2 Å². The third-order valence-electron chi connectivity index (χ3n) is 2.30. The molecule has 2 aromatic carbocycles. The maximum absolute atomic E-state index is 12.8. The van der Waals surface area contributed by atoms with E-state index in [4.69, 9.17) is 11.6 Å². The van der Waals surface area contributed by atoms with Gasteiger partial charge in [0.05, 0.1) is 10.6 Å². The van der Waals surface area contributed by atoms with Crippen LogP contribution in [0, 0.1) is 5.82 Å². The van der Waals surface area contributed by atoms with E-state index in [0.717, 1.165) is 0 Å². The van der Waals surface area contributed by atoms with Crippen LogP contribution in [0.25, 0.3) is 0 Å². The summed E-state index contributed by atoms with van der Waals surface area (Å²) in [5, 5.41) is 0.369. The molecule has 0 aliphatic rings. The lowest BCUT2D eigenvalue weighted by Crippen LogP contribution is -2.03. The lowest BCUT2D eigenvalue weighted by molar-refractivity contribution is 0.103. The van der Waals surface area contributed by atoms with E-state index in [9.17, 15) is 9.18 Å². The highest BCUT2D eigenvalue weighted by Gasteiger charge is 2.15. The Balaban J connectivity index is 2.47. The monoisotopic (exact) mass is 312 g/mol. The molecule has 0 bridgehead atoms. The van der Waals surface area contributed by atoms with Gasteiger partial charge >= 0.3 is 0 Å². The number of rotatable bonds is 2. The Kier molecular flexibility index (Phi) is 3.60. The van der Waals surface area contributed by atoms with E-state index >= 15 is 0 Å². The van der Waals surface area contributed by atoms with Crippen molar-refractivity contribution in [3.63, 3.8) is 0 Å². The van der Waals surface area contributed by atoms with Gasteiger partial charge in [-0.25, -0.2) is 4.39 Å². The van der Waals surface area contributed by atoms with E-state index in [0.29, 0.717) is 20.6 Å². The third kappa shape index (κ3) is 2.56. The highest BCUT2D eigenvalue weighted by Crippen LogP contribution is 2.27. The first-order valence-corrected chi connectivity index (χ1v) is 6.01. The van der Waals surface area contributed by atoms with Crippen molar-refractivity contribution in [1.82, 2.24) is 0 Å². The van der Waals surface area contributed by atoms with Crippen molar-refractivity contribution in [2.24, 2.45) is 0 Å². The van der Waals surface area contributed by atoms with Gasteiger partial charge in [0.2, 0.25) is 0 Å². The van der Waals surface area contributed by atoms with Gasteiger partial charge in [-0.1, -0.05) is 17.7 Å². The molecule has 2 aromatic rings. The van der Waals surface area contributed by atoms with E-state index in [1.807, 2.05) is 0 Å². The summed E-state index contributed by atoms with van der Waals surface area (Å²) in [6, 6.07) is 10.5. The van der Waals surface area contributed by atoms with Gasteiger partial charge in [-0.15, -0.1) is 0 Å². The van der Waals surface area contributed by atoms with E-state index < -0.39 is 0 Å². The zero-order chi connectivity index (χ0) is 12.4. The Morgan fingerprint density at radius 2 is 1.76 bits per heavy atom. The molecule has 1 nitrogen and oxygen atoms in total. The van der Waals surface area contributed by atoms with Gasteiger partial charge in [-0.05, 0) is 52.3 Å². The molecule has 0 saturated heterocycles. The van der Waals surface area contributed by atoms with Gasteiger partial charge in [0.15, 0.2) is 5.78 Å². The predicted molar refractivity (Wildman–Crippen MR) is 69.0 cm³/mol. The van der Waals surface area contributed by atoms with Crippen LogP contribution < -0.4 is 0 Å². The number of hydrogen-bond acceptors (Lipinski definition) is 1. The fourth-order valence-electron chi connectivity index (χ4n) is 1.46. The minimum Gasteiger partial charge on any atom is -0.289 e. The van der Waals surface area contributed by atoms with Crippen molar-refractivity contribution in [3.05, 3.63) is 68.9 Å². The fraction of sp³-hybridized carbons (Fsp3) is 0. The minimum atomic E-state index is -0.375. The van der Waals surface area contributed by atoms with Crippen LogP contribution in [0.1, 0.15) is 15.9 Å². The van der Waals surface area contributed by atoms with Crippen molar-refractivity contribution in [3.8, 4) is 0 Å². The van der Waals surface area contributed by atoms with Gasteiger partial charge < -0.3 is 0 Å². The van der Waals surface area contributed by atoms with Crippen LogP contribution in [0.15, 0.2) is 46.9 Å². The van der Waals surface area contributed by atoms with Crippen LogP contribution in [-0.4, -0.2) is 5.78 Å². The molecule has 0 saturated carbocycles. The molecule has 0 atom stereocenters. The molecule has 86 valence electrons. The molecule has 0 amide bonds. The number of carbonyl (C=O) groups excluding carboxylic acids is 1. The average Bonchev–Trinajstić information content (AvgIpc) is 2.29. The molecular formula is C13H7BrClFO. The molecule has 0 aromatic heterocycles. The molecule has 0 aliphatic carbocycles. The first kappa shape index (κ1) is 12.3. The predicted octanol–water partition coefficient (Wildman–Crippen LogP) is 4.47. The van der Waals surface area contributed by atoms with Crippen LogP contribution in [0.2, 0.25) is 5.02 Å². The summed E-state index contributed by atoms with van der Waals surface area (Å²) in [5.41, 5.74) is 0.793. The van der Waals surface area contributed by atoms with E-state index in [-0.39, 0.29) is 11.6 Å². The lowest BCUT2D eigenvalue weighted by Gasteiger charge is -2.06. The maximum atomic E-state index is 12.8. The minimum absolute atomic E-state index is 0.234. The summed E-state index contributed by atoms with van der Waals surface area (Å²) in [6.45, 7) is 0. The summed E-state index contributed by atoms with van der Waals surface area (Å²) >= 11 is 9.26. The van der Waals surface area contributed by atoms with Crippen LogP contribution in [0.3, 0.4) is 0 Å². The number of carbonyl (C=O) groups is 1. The molecule has 0 N–H and O–H groups in total. The van der Waals surface area contributed by atoms with E-state index in [1.165, 1.54) is 24.3 Å². The zero-order valence-electron chi connectivity index (χ0n) is 8.58. The largest absolute Gasteiger partial charge is 0.289 e. The quantitative estimate of drug-likeness (QED) is 0.748. The van der Waals surface area contributed by atoms with Gasteiger partial charge in [-0.3, -0.25) is 4.79 Å². The third-order valence-corrected chi connectivity index (χ3v) is 3.27. The van der Waals surface area contributed by atoms with Gasteiger partial charge in [-0.2, -0.15) is 0 Å². The summed E-state index contributed by atoms with van der Waals surface area (Å²) < 4.78 is 13.4. The normalized spacial score (nSPS) is 10.3. The summed E-state index contributed by atoms with van der Waals surface area (Å²) in [5.74, 6) is -0.609. The van der Waals surface area contributed by atoms with Gasteiger partial charge in [0.25, 0.3) is 0 Å². The zero-order valence-corrected chi connectivity index (χ0v) is 10.9. The lowest BCUT2D eigenvalue weighted by atomic mass is 10.0. The van der Waals surface area contributed by atoms with E-state index in [2.05, 4.69) is 15.9 Å². The maximum Gasteiger partial charge on any atom is 0.195 e. The molecule has 0 unspecified atom stereocenters. The second-order valence-corrected chi connectivity index (χ2v) is 4.69. The summed E-state index contributed by atoms with van der Waals surface area (Å²) in [7, 11) is 0. The molecule has 0 fully saturated rings. The Labute approximate surface area is 111 Å². The van der Waals surface area contributed by atoms with Crippen LogP contribution in [-0.2, 0) is 0 Å². The summed E-state index contributed by atoms with van der Waals surface area (Å²) in [4.78, 5) is 12.2.